The lowest BCUT2D eigenvalue weighted by molar-refractivity contribution is 0.313. The lowest BCUT2D eigenvalue weighted by Gasteiger charge is -2.24. The Kier molecular flexibility index (Phi) is 8.33. The molecule has 1 N–H and O–H groups in total. The monoisotopic (exact) mass is 338 g/mol. The van der Waals surface area contributed by atoms with Crippen molar-refractivity contribution >= 4 is 5.69 Å². The summed E-state index contributed by atoms with van der Waals surface area (Å²) in [5.41, 5.74) is 2.98. The zero-order valence-corrected chi connectivity index (χ0v) is 14.7. The topological polar surface area (TPSA) is 15.3 Å². The third-order valence-corrected chi connectivity index (χ3v) is 3.63. The minimum atomic E-state index is -1.45. The van der Waals surface area contributed by atoms with Crippen molar-refractivity contribution in [2.75, 3.05) is 26.0 Å². The van der Waals surface area contributed by atoms with E-state index in [1.165, 1.54) is 31.1 Å². The largest absolute Gasteiger partial charge is 0.386 e. The molecule has 0 bridgehead atoms. The van der Waals surface area contributed by atoms with E-state index in [9.17, 15) is 13.2 Å². The highest BCUT2D eigenvalue weighted by Crippen LogP contribution is 2.18. The van der Waals surface area contributed by atoms with E-state index in [0.717, 1.165) is 18.7 Å². The second-order valence-corrected chi connectivity index (χ2v) is 5.23. The predicted octanol–water partition coefficient (Wildman–Crippen LogP) is 4.85. The zero-order valence-electron chi connectivity index (χ0n) is 14.7. The van der Waals surface area contributed by atoms with Gasteiger partial charge < -0.3 is 10.2 Å². The first-order valence-electron chi connectivity index (χ1n) is 8.09. The molecule has 2 aromatic rings. The molecule has 1 aliphatic heterocycles. The molecular formula is C19H25F3N2. The first-order valence-corrected chi connectivity index (χ1v) is 8.09. The van der Waals surface area contributed by atoms with Crippen molar-refractivity contribution in [2.45, 2.75) is 26.8 Å². The first kappa shape index (κ1) is 20.0. The Bertz CT molecular complexity index is 645. The van der Waals surface area contributed by atoms with Crippen LogP contribution in [-0.2, 0) is 13.0 Å². The quantitative estimate of drug-likeness (QED) is 0.748. The van der Waals surface area contributed by atoms with Crippen LogP contribution in [0.15, 0.2) is 36.4 Å². The number of nitrogens with zero attached hydrogens (tertiary/aromatic N) is 1. The van der Waals surface area contributed by atoms with E-state index in [-0.39, 0.29) is 5.69 Å². The van der Waals surface area contributed by atoms with Crippen LogP contribution in [0.2, 0.25) is 0 Å². The molecule has 2 aromatic carbocycles. The summed E-state index contributed by atoms with van der Waals surface area (Å²) in [6, 6.07) is 10.7. The van der Waals surface area contributed by atoms with Gasteiger partial charge in [-0.3, -0.25) is 0 Å². The maximum Gasteiger partial charge on any atom is 0.196 e. The molecular weight excluding hydrogens is 313 g/mol. The summed E-state index contributed by atoms with van der Waals surface area (Å²) in [6.45, 7) is 6.33. The average molecular weight is 338 g/mol. The van der Waals surface area contributed by atoms with Crippen LogP contribution in [-0.4, -0.2) is 25.5 Å². The second-order valence-electron chi connectivity index (χ2n) is 5.23. The summed E-state index contributed by atoms with van der Waals surface area (Å²) in [4.78, 5) is 2.36. The molecule has 0 radical (unpaired) electrons. The van der Waals surface area contributed by atoms with Gasteiger partial charge in [-0.15, -0.1) is 0 Å². The number of likely N-dealkylation sites (N-methyl/N-ethyl adjacent to an activating group) is 1. The molecule has 0 aromatic heterocycles. The number of rotatable bonds is 1. The van der Waals surface area contributed by atoms with Crippen LogP contribution < -0.4 is 5.32 Å². The van der Waals surface area contributed by atoms with Gasteiger partial charge in [0.2, 0.25) is 0 Å². The third kappa shape index (κ3) is 5.27. The van der Waals surface area contributed by atoms with Crippen LogP contribution >= 0.6 is 0 Å². The van der Waals surface area contributed by atoms with Crippen LogP contribution in [0.3, 0.4) is 0 Å². The number of hydrogen-bond acceptors (Lipinski definition) is 2. The van der Waals surface area contributed by atoms with Crippen LogP contribution in [0.5, 0.6) is 0 Å². The van der Waals surface area contributed by atoms with Crippen molar-refractivity contribution in [3.8, 4) is 0 Å². The maximum atomic E-state index is 12.6. The van der Waals surface area contributed by atoms with Crippen LogP contribution in [0.1, 0.15) is 25.0 Å². The van der Waals surface area contributed by atoms with E-state index in [0.29, 0.717) is 0 Å². The fraction of sp³-hybridized carbons (Fsp3) is 0.368. The number of hydrogen-bond donors (Lipinski definition) is 1. The molecule has 5 heteroatoms. The fourth-order valence-electron chi connectivity index (χ4n) is 2.36. The zero-order chi connectivity index (χ0) is 18.1. The molecule has 0 aliphatic carbocycles. The number of fused-ring (bicyclic) bond motifs is 1. The van der Waals surface area contributed by atoms with Gasteiger partial charge in [-0.25, -0.2) is 13.2 Å². The van der Waals surface area contributed by atoms with E-state index in [1.54, 1.807) is 0 Å². The Morgan fingerprint density at radius 3 is 2.17 bits per heavy atom. The van der Waals surface area contributed by atoms with E-state index in [4.69, 9.17) is 0 Å². The Hall–Kier alpha value is -2.01. The average Bonchev–Trinajstić information content (AvgIpc) is 2.62. The minimum absolute atomic E-state index is 0.0519. The number of nitrogens with one attached hydrogen (secondary N) is 1. The molecule has 0 saturated carbocycles. The Balaban J connectivity index is 0.000000218. The molecule has 24 heavy (non-hydrogen) atoms. The van der Waals surface area contributed by atoms with Gasteiger partial charge in [0.25, 0.3) is 0 Å². The molecule has 1 heterocycles. The molecule has 2 nitrogen and oxygen atoms in total. The summed E-state index contributed by atoms with van der Waals surface area (Å²) in [7, 11) is 3.60. The van der Waals surface area contributed by atoms with Crippen molar-refractivity contribution in [1.82, 2.24) is 4.90 Å². The summed E-state index contributed by atoms with van der Waals surface area (Å²) >= 11 is 0. The molecule has 0 spiro atoms. The van der Waals surface area contributed by atoms with Gasteiger partial charge in [0.1, 0.15) is 0 Å². The lowest BCUT2D eigenvalue weighted by Crippen LogP contribution is -2.26. The molecule has 1 aliphatic rings. The molecule has 0 amide bonds. The molecule has 132 valence electrons. The van der Waals surface area contributed by atoms with Crippen molar-refractivity contribution in [3.63, 3.8) is 0 Å². The summed E-state index contributed by atoms with van der Waals surface area (Å²) in [6.07, 6.45) is 1.21. The molecule has 0 unspecified atom stereocenters. The second kappa shape index (κ2) is 9.98. The number of halogens is 3. The van der Waals surface area contributed by atoms with E-state index in [1.807, 2.05) is 13.8 Å². The van der Waals surface area contributed by atoms with Gasteiger partial charge in [-0.05, 0) is 36.7 Å². The van der Waals surface area contributed by atoms with Crippen molar-refractivity contribution < 1.29 is 13.2 Å². The van der Waals surface area contributed by atoms with Crippen molar-refractivity contribution in [2.24, 2.45) is 0 Å². The van der Waals surface area contributed by atoms with E-state index in [2.05, 4.69) is 41.5 Å². The third-order valence-electron chi connectivity index (χ3n) is 3.63. The van der Waals surface area contributed by atoms with E-state index < -0.39 is 17.5 Å². The number of benzene rings is 2. The Labute approximate surface area is 142 Å². The SMILES string of the molecule is CC.CN1CCc2ccccc2C1.CNc1ccc(F)c(F)c1F. The molecule has 0 fully saturated rings. The Morgan fingerprint density at radius 1 is 0.917 bits per heavy atom. The predicted molar refractivity (Wildman–Crippen MR) is 93.7 cm³/mol. The summed E-state index contributed by atoms with van der Waals surface area (Å²) < 4.78 is 37.2. The van der Waals surface area contributed by atoms with Gasteiger partial charge in [0.15, 0.2) is 17.5 Å². The normalized spacial score (nSPS) is 13.0. The molecule has 0 saturated heterocycles. The van der Waals surface area contributed by atoms with Gasteiger partial charge >= 0.3 is 0 Å². The van der Waals surface area contributed by atoms with Crippen LogP contribution in [0.4, 0.5) is 18.9 Å². The fourth-order valence-corrected chi connectivity index (χ4v) is 2.36. The van der Waals surface area contributed by atoms with Gasteiger partial charge in [-0.1, -0.05) is 38.1 Å². The smallest absolute Gasteiger partial charge is 0.196 e. The highest BCUT2D eigenvalue weighted by molar-refractivity contribution is 5.44. The standard InChI is InChI=1S/C10H13N.C7H6F3N.C2H6/c1-11-7-6-9-4-2-3-5-10(9)8-11;1-11-5-3-2-4(8)6(9)7(5)10;1-2/h2-5H,6-8H2,1H3;2-3,11H,1H3;1-2H3. The number of anilines is 1. The van der Waals surface area contributed by atoms with E-state index >= 15 is 0 Å². The van der Waals surface area contributed by atoms with Gasteiger partial charge in [-0.2, -0.15) is 0 Å². The van der Waals surface area contributed by atoms with Crippen molar-refractivity contribution in [3.05, 3.63) is 65.0 Å². The highest BCUT2D eigenvalue weighted by Gasteiger charge is 2.11. The summed E-state index contributed by atoms with van der Waals surface area (Å²) in [5, 5.41) is 2.38. The highest BCUT2D eigenvalue weighted by atomic mass is 19.2. The maximum absolute atomic E-state index is 12.6. The Morgan fingerprint density at radius 2 is 1.54 bits per heavy atom. The summed E-state index contributed by atoms with van der Waals surface area (Å²) in [5.74, 6) is -3.81. The first-order chi connectivity index (χ1) is 11.5. The lowest BCUT2D eigenvalue weighted by atomic mass is 10.0. The minimum Gasteiger partial charge on any atom is -0.386 e. The van der Waals surface area contributed by atoms with Crippen molar-refractivity contribution in [1.29, 1.82) is 0 Å². The van der Waals surface area contributed by atoms with Crippen LogP contribution in [0, 0.1) is 17.5 Å². The van der Waals surface area contributed by atoms with Crippen LogP contribution in [0.25, 0.3) is 0 Å². The van der Waals surface area contributed by atoms with Gasteiger partial charge in [0.05, 0.1) is 5.69 Å². The molecule has 3 rings (SSSR count). The van der Waals surface area contributed by atoms with Gasteiger partial charge in [0, 0.05) is 20.1 Å². The molecule has 0 atom stereocenters.